The largest absolute Gasteiger partial charge is 0.465 e. The molecule has 98 valence electrons. The minimum atomic E-state index is -0.335. The summed E-state index contributed by atoms with van der Waals surface area (Å²) in [5.74, 6) is -0.335. The van der Waals surface area contributed by atoms with Crippen LogP contribution in [0, 0.1) is 0 Å². The average Bonchev–Trinajstić information content (AvgIpc) is 2.42. The van der Waals surface area contributed by atoms with Crippen LogP contribution in [0.1, 0.15) is 10.4 Å². The average molecular weight is 358 g/mol. The van der Waals surface area contributed by atoms with Crippen molar-refractivity contribution in [3.63, 3.8) is 0 Å². The number of rotatable bonds is 3. The van der Waals surface area contributed by atoms with Gasteiger partial charge in [0.05, 0.1) is 17.7 Å². The zero-order chi connectivity index (χ0) is 13.8. The third-order valence-corrected chi connectivity index (χ3v) is 4.40. The summed E-state index contributed by atoms with van der Waals surface area (Å²) in [6.45, 7) is 0. The van der Waals surface area contributed by atoms with Gasteiger partial charge in [0.1, 0.15) is 0 Å². The quantitative estimate of drug-likeness (QED) is 0.720. The van der Waals surface area contributed by atoms with Crippen molar-refractivity contribution in [3.8, 4) is 0 Å². The van der Waals surface area contributed by atoms with Crippen LogP contribution >= 0.6 is 39.3 Å². The van der Waals surface area contributed by atoms with Gasteiger partial charge in [0.15, 0.2) is 0 Å². The van der Waals surface area contributed by atoms with Gasteiger partial charge in [0.25, 0.3) is 0 Å². The second kappa shape index (κ2) is 6.46. The maximum Gasteiger partial charge on any atom is 0.337 e. The van der Waals surface area contributed by atoms with Crippen molar-refractivity contribution < 1.29 is 9.53 Å². The minimum Gasteiger partial charge on any atom is -0.465 e. The summed E-state index contributed by atoms with van der Waals surface area (Å²) >= 11 is 11.1. The van der Waals surface area contributed by atoms with Gasteiger partial charge in [0, 0.05) is 14.3 Å². The number of carbonyl (C=O) groups is 1. The van der Waals surface area contributed by atoms with Gasteiger partial charge in [-0.25, -0.2) is 4.79 Å². The van der Waals surface area contributed by atoms with E-state index in [4.69, 9.17) is 11.6 Å². The van der Waals surface area contributed by atoms with Crippen molar-refractivity contribution >= 4 is 45.3 Å². The van der Waals surface area contributed by atoms with E-state index in [2.05, 4.69) is 20.7 Å². The molecule has 0 atom stereocenters. The first kappa shape index (κ1) is 14.4. The van der Waals surface area contributed by atoms with Crippen molar-refractivity contribution in [2.45, 2.75) is 9.79 Å². The monoisotopic (exact) mass is 356 g/mol. The zero-order valence-electron chi connectivity index (χ0n) is 10.0. The Morgan fingerprint density at radius 2 is 1.89 bits per heavy atom. The molecule has 0 unspecified atom stereocenters. The number of carbonyl (C=O) groups excluding carboxylic acids is 1. The molecule has 2 aromatic carbocycles. The SMILES string of the molecule is COC(=O)c1ccc(Sc2ccc(Br)cc2Cl)cc1. The van der Waals surface area contributed by atoms with E-state index in [-0.39, 0.29) is 5.97 Å². The van der Waals surface area contributed by atoms with Crippen molar-refractivity contribution in [3.05, 3.63) is 57.5 Å². The predicted molar refractivity (Wildman–Crippen MR) is 81.1 cm³/mol. The normalized spacial score (nSPS) is 10.3. The van der Waals surface area contributed by atoms with Crippen molar-refractivity contribution in [2.75, 3.05) is 7.11 Å². The van der Waals surface area contributed by atoms with Crippen LogP contribution in [0.3, 0.4) is 0 Å². The summed E-state index contributed by atoms with van der Waals surface area (Å²) in [7, 11) is 1.37. The number of hydrogen-bond donors (Lipinski definition) is 0. The molecule has 2 aromatic rings. The third-order valence-electron chi connectivity index (χ3n) is 2.40. The van der Waals surface area contributed by atoms with E-state index in [1.165, 1.54) is 7.11 Å². The molecule has 0 aromatic heterocycles. The highest BCUT2D eigenvalue weighted by molar-refractivity contribution is 9.10. The summed E-state index contributed by atoms with van der Waals surface area (Å²) in [5.41, 5.74) is 0.536. The predicted octanol–water partition coefficient (Wildman–Crippen LogP) is 5.04. The molecule has 0 fully saturated rings. The van der Waals surface area contributed by atoms with Gasteiger partial charge in [0.2, 0.25) is 0 Å². The van der Waals surface area contributed by atoms with Crippen LogP contribution in [0.4, 0.5) is 0 Å². The van der Waals surface area contributed by atoms with E-state index in [0.717, 1.165) is 14.3 Å². The summed E-state index contributed by atoms with van der Waals surface area (Å²) < 4.78 is 5.60. The number of ether oxygens (including phenoxy) is 1. The molecular weight excluding hydrogens is 348 g/mol. The lowest BCUT2D eigenvalue weighted by Crippen LogP contribution is -2.00. The number of benzene rings is 2. The Morgan fingerprint density at radius 3 is 2.47 bits per heavy atom. The highest BCUT2D eigenvalue weighted by Crippen LogP contribution is 2.34. The van der Waals surface area contributed by atoms with E-state index in [1.54, 1.807) is 23.9 Å². The lowest BCUT2D eigenvalue weighted by molar-refractivity contribution is 0.0600. The van der Waals surface area contributed by atoms with E-state index in [1.807, 2.05) is 30.3 Å². The smallest absolute Gasteiger partial charge is 0.337 e. The molecule has 0 spiro atoms. The lowest BCUT2D eigenvalue weighted by Gasteiger charge is -2.05. The first-order valence-corrected chi connectivity index (χ1v) is 7.40. The maximum absolute atomic E-state index is 11.3. The highest BCUT2D eigenvalue weighted by atomic mass is 79.9. The topological polar surface area (TPSA) is 26.3 Å². The summed E-state index contributed by atoms with van der Waals surface area (Å²) in [6.07, 6.45) is 0. The zero-order valence-corrected chi connectivity index (χ0v) is 13.2. The van der Waals surface area contributed by atoms with Crippen molar-refractivity contribution in [1.82, 2.24) is 0 Å². The molecule has 0 saturated carbocycles. The molecule has 0 aliphatic rings. The van der Waals surface area contributed by atoms with Crippen LogP contribution in [0.25, 0.3) is 0 Å². The number of hydrogen-bond acceptors (Lipinski definition) is 3. The Hall–Kier alpha value is -0.970. The van der Waals surface area contributed by atoms with Gasteiger partial charge in [-0.15, -0.1) is 0 Å². The number of methoxy groups -OCH3 is 1. The Balaban J connectivity index is 2.17. The van der Waals surface area contributed by atoms with E-state index in [0.29, 0.717) is 10.6 Å². The van der Waals surface area contributed by atoms with E-state index in [9.17, 15) is 4.79 Å². The third kappa shape index (κ3) is 3.75. The van der Waals surface area contributed by atoms with Gasteiger partial charge >= 0.3 is 5.97 Å². The van der Waals surface area contributed by atoms with Crippen molar-refractivity contribution in [1.29, 1.82) is 0 Å². The Labute approximate surface area is 129 Å². The van der Waals surface area contributed by atoms with E-state index < -0.39 is 0 Å². The van der Waals surface area contributed by atoms with Gasteiger partial charge in [-0.05, 0) is 42.5 Å². The fourth-order valence-corrected chi connectivity index (χ4v) is 3.07. The number of halogens is 2. The molecule has 2 nitrogen and oxygen atoms in total. The van der Waals surface area contributed by atoms with Gasteiger partial charge in [-0.1, -0.05) is 39.3 Å². The van der Waals surface area contributed by atoms with Crippen LogP contribution in [0.15, 0.2) is 56.7 Å². The Kier molecular flexibility index (Phi) is 4.91. The molecule has 0 aliphatic carbocycles. The molecule has 0 saturated heterocycles. The van der Waals surface area contributed by atoms with E-state index >= 15 is 0 Å². The summed E-state index contributed by atoms with van der Waals surface area (Å²) in [4.78, 5) is 13.3. The second-order valence-corrected chi connectivity index (χ2v) is 6.13. The lowest BCUT2D eigenvalue weighted by atomic mass is 10.2. The van der Waals surface area contributed by atoms with Gasteiger partial charge < -0.3 is 4.74 Å². The fraction of sp³-hybridized carbons (Fsp3) is 0.0714. The van der Waals surface area contributed by atoms with Crippen LogP contribution in [-0.4, -0.2) is 13.1 Å². The standard InChI is InChI=1S/C14H10BrClO2S/c1-18-14(17)9-2-5-11(6-3-9)19-13-7-4-10(15)8-12(13)16/h2-8H,1H3. The van der Waals surface area contributed by atoms with Crippen molar-refractivity contribution in [2.24, 2.45) is 0 Å². The first-order chi connectivity index (χ1) is 9.10. The van der Waals surface area contributed by atoms with Gasteiger partial charge in [-0.3, -0.25) is 0 Å². The molecule has 5 heteroatoms. The first-order valence-electron chi connectivity index (χ1n) is 5.41. The maximum atomic E-state index is 11.3. The minimum absolute atomic E-state index is 0.335. The number of esters is 1. The molecule has 0 aliphatic heterocycles. The molecule has 0 bridgehead atoms. The van der Waals surface area contributed by atoms with Crippen LogP contribution < -0.4 is 0 Å². The Bertz CT molecular complexity index is 599. The molecular formula is C14H10BrClO2S. The molecule has 19 heavy (non-hydrogen) atoms. The molecule has 2 rings (SSSR count). The molecule has 0 amide bonds. The Morgan fingerprint density at radius 1 is 1.21 bits per heavy atom. The molecule has 0 radical (unpaired) electrons. The van der Waals surface area contributed by atoms with Crippen LogP contribution in [0.2, 0.25) is 5.02 Å². The van der Waals surface area contributed by atoms with Crippen LogP contribution in [-0.2, 0) is 4.74 Å². The molecule has 0 heterocycles. The summed E-state index contributed by atoms with van der Waals surface area (Å²) in [5, 5.41) is 0.691. The molecule has 0 N–H and O–H groups in total. The fourth-order valence-electron chi connectivity index (χ4n) is 1.46. The van der Waals surface area contributed by atoms with Crippen LogP contribution in [0.5, 0.6) is 0 Å². The second-order valence-electron chi connectivity index (χ2n) is 3.69. The summed E-state index contributed by atoms with van der Waals surface area (Å²) in [6, 6.07) is 13.0. The van der Waals surface area contributed by atoms with Gasteiger partial charge in [-0.2, -0.15) is 0 Å². The highest BCUT2D eigenvalue weighted by Gasteiger charge is 2.06.